The second-order valence-corrected chi connectivity index (χ2v) is 11.0. The van der Waals surface area contributed by atoms with Crippen LogP contribution >= 0.6 is 0 Å². The van der Waals surface area contributed by atoms with Crippen molar-refractivity contribution < 1.29 is 23.9 Å². The van der Waals surface area contributed by atoms with Crippen molar-refractivity contribution in [1.82, 2.24) is 20.5 Å². The minimum Gasteiger partial charge on any atom is -0.444 e. The van der Waals surface area contributed by atoms with Gasteiger partial charge in [-0.1, -0.05) is 0 Å². The molecule has 5 amide bonds. The molecule has 1 unspecified atom stereocenters. The third-order valence-electron chi connectivity index (χ3n) is 6.95. The van der Waals surface area contributed by atoms with Crippen LogP contribution in [0.1, 0.15) is 45.6 Å². The lowest BCUT2D eigenvalue weighted by Gasteiger charge is -2.60. The molecule has 0 radical (unpaired) electrons. The number of imide groups is 1. The van der Waals surface area contributed by atoms with E-state index >= 15 is 0 Å². The number of anilines is 2. The molecule has 5 heterocycles. The zero-order chi connectivity index (χ0) is 25.0. The van der Waals surface area contributed by atoms with Crippen LogP contribution in [-0.4, -0.2) is 78.2 Å². The monoisotopic (exact) mass is 484 g/mol. The number of amides is 5. The SMILES string of the molecule is CC(C)(C)OC(=O)N1CC2(C1)CN(c1ccnc3c1CCCN3C(=O)NC1CCC(=O)NC1=O)C2. The Labute approximate surface area is 204 Å². The van der Waals surface area contributed by atoms with Crippen LogP contribution in [0.4, 0.5) is 21.1 Å². The van der Waals surface area contributed by atoms with Crippen molar-refractivity contribution in [2.24, 2.45) is 5.41 Å². The van der Waals surface area contributed by atoms with Crippen LogP contribution in [0.2, 0.25) is 0 Å². The third kappa shape index (κ3) is 4.51. The van der Waals surface area contributed by atoms with Gasteiger partial charge in [0, 0.05) is 62.0 Å². The quantitative estimate of drug-likeness (QED) is 0.608. The van der Waals surface area contributed by atoms with E-state index in [1.54, 1.807) is 16.0 Å². The number of piperidine rings is 1. The smallest absolute Gasteiger partial charge is 0.410 e. The van der Waals surface area contributed by atoms with Gasteiger partial charge in [-0.15, -0.1) is 0 Å². The van der Waals surface area contributed by atoms with Gasteiger partial charge >= 0.3 is 12.1 Å². The number of nitrogens with zero attached hydrogens (tertiary/aromatic N) is 4. The summed E-state index contributed by atoms with van der Waals surface area (Å²) in [7, 11) is 0. The van der Waals surface area contributed by atoms with E-state index in [2.05, 4.69) is 20.5 Å². The minimum absolute atomic E-state index is 0.0879. The summed E-state index contributed by atoms with van der Waals surface area (Å²) in [4.78, 5) is 58.9. The standard InChI is InChI=1S/C24H32N6O5/c1-23(2,3)35-22(34)29-13-24(14-29)11-28(12-24)17-8-9-25-19-15(17)5-4-10-30(19)21(33)26-16-6-7-18(31)27-20(16)32/h8-9,16H,4-7,10-14H2,1-3H3,(H,26,33)(H,27,31,32). The first kappa shape index (κ1) is 23.4. The van der Waals surface area contributed by atoms with E-state index < -0.39 is 17.6 Å². The number of hydrogen-bond acceptors (Lipinski definition) is 7. The number of ether oxygens (including phenoxy) is 1. The zero-order valence-corrected chi connectivity index (χ0v) is 20.4. The highest BCUT2D eigenvalue weighted by atomic mass is 16.6. The van der Waals surface area contributed by atoms with Crippen molar-refractivity contribution in [1.29, 1.82) is 0 Å². The first-order valence-electron chi connectivity index (χ1n) is 12.2. The molecule has 1 aromatic heterocycles. The molecule has 35 heavy (non-hydrogen) atoms. The fourth-order valence-electron chi connectivity index (χ4n) is 5.37. The number of carbonyl (C=O) groups excluding carboxylic acids is 4. The summed E-state index contributed by atoms with van der Waals surface area (Å²) in [5.74, 6) is -0.174. The molecule has 2 N–H and O–H groups in total. The first-order chi connectivity index (χ1) is 16.5. The van der Waals surface area contributed by atoms with Crippen LogP contribution in [0.5, 0.6) is 0 Å². The van der Waals surface area contributed by atoms with Gasteiger partial charge in [0.1, 0.15) is 17.5 Å². The maximum absolute atomic E-state index is 13.0. The van der Waals surface area contributed by atoms with Gasteiger partial charge in [0.15, 0.2) is 0 Å². The Balaban J connectivity index is 1.22. The van der Waals surface area contributed by atoms with Crippen molar-refractivity contribution in [3.8, 4) is 0 Å². The minimum atomic E-state index is -0.726. The van der Waals surface area contributed by atoms with Gasteiger partial charge in [-0.2, -0.15) is 0 Å². The summed E-state index contributed by atoms with van der Waals surface area (Å²) >= 11 is 0. The molecule has 188 valence electrons. The molecule has 1 atom stereocenters. The lowest BCUT2D eigenvalue weighted by atomic mass is 9.72. The largest absolute Gasteiger partial charge is 0.444 e. The molecule has 0 aliphatic carbocycles. The fraction of sp³-hybridized carbons (Fsp3) is 0.625. The molecule has 0 bridgehead atoms. The normalized spacial score (nSPS) is 23.2. The number of carbonyl (C=O) groups is 4. The molecule has 11 nitrogen and oxygen atoms in total. The number of aromatic nitrogens is 1. The second kappa shape index (κ2) is 8.39. The van der Waals surface area contributed by atoms with E-state index in [-0.39, 0.29) is 29.9 Å². The summed E-state index contributed by atoms with van der Waals surface area (Å²) in [6.45, 7) is 9.16. The van der Waals surface area contributed by atoms with Crippen LogP contribution < -0.4 is 20.4 Å². The van der Waals surface area contributed by atoms with E-state index in [4.69, 9.17) is 4.74 Å². The van der Waals surface area contributed by atoms with Crippen LogP contribution in [-0.2, 0) is 20.7 Å². The van der Waals surface area contributed by atoms with Crippen LogP contribution in [0.15, 0.2) is 12.3 Å². The molecule has 11 heteroatoms. The third-order valence-corrected chi connectivity index (χ3v) is 6.95. The summed E-state index contributed by atoms with van der Waals surface area (Å²) in [6.07, 6.45) is 3.55. The average Bonchev–Trinajstić information content (AvgIpc) is 2.72. The molecule has 1 aromatic rings. The van der Waals surface area contributed by atoms with Gasteiger partial charge in [0.05, 0.1) is 0 Å². The average molecular weight is 485 g/mol. The Morgan fingerprint density at radius 1 is 1.17 bits per heavy atom. The number of urea groups is 1. The molecule has 3 saturated heterocycles. The predicted molar refractivity (Wildman–Crippen MR) is 127 cm³/mol. The van der Waals surface area contributed by atoms with E-state index in [0.717, 1.165) is 37.2 Å². The number of rotatable bonds is 2. The van der Waals surface area contributed by atoms with Gasteiger partial charge in [0.2, 0.25) is 11.8 Å². The van der Waals surface area contributed by atoms with E-state index in [9.17, 15) is 19.2 Å². The summed E-state index contributed by atoms with van der Waals surface area (Å²) in [5, 5.41) is 5.03. The highest BCUT2D eigenvalue weighted by Gasteiger charge is 2.54. The Morgan fingerprint density at radius 3 is 2.60 bits per heavy atom. The van der Waals surface area contributed by atoms with Gasteiger partial charge in [0.25, 0.3) is 0 Å². The molecule has 4 aliphatic rings. The number of likely N-dealkylation sites (tertiary alicyclic amines) is 1. The molecule has 3 fully saturated rings. The summed E-state index contributed by atoms with van der Waals surface area (Å²) in [6, 6.07) is 0.880. The van der Waals surface area contributed by atoms with Crippen LogP contribution in [0.25, 0.3) is 0 Å². The topological polar surface area (TPSA) is 124 Å². The Kier molecular flexibility index (Phi) is 5.60. The Bertz CT molecular complexity index is 1070. The van der Waals surface area contributed by atoms with Crippen molar-refractivity contribution in [3.05, 3.63) is 17.8 Å². The van der Waals surface area contributed by atoms with Crippen LogP contribution in [0, 0.1) is 5.41 Å². The molecular weight excluding hydrogens is 452 g/mol. The Hall–Kier alpha value is -3.37. The summed E-state index contributed by atoms with van der Waals surface area (Å²) < 4.78 is 5.47. The lowest BCUT2D eigenvalue weighted by Crippen LogP contribution is -2.73. The maximum Gasteiger partial charge on any atom is 0.410 e. The van der Waals surface area contributed by atoms with Crippen molar-refractivity contribution in [3.63, 3.8) is 0 Å². The number of hydrogen-bond donors (Lipinski definition) is 2. The van der Waals surface area contributed by atoms with Crippen molar-refractivity contribution in [2.45, 2.75) is 58.1 Å². The molecule has 0 aromatic carbocycles. The molecule has 4 aliphatic heterocycles. The van der Waals surface area contributed by atoms with E-state index in [1.807, 2.05) is 26.8 Å². The zero-order valence-electron chi connectivity index (χ0n) is 20.4. The number of pyridine rings is 1. The number of nitrogens with one attached hydrogen (secondary N) is 2. The summed E-state index contributed by atoms with van der Waals surface area (Å²) in [5.41, 5.74) is 1.67. The molecular formula is C24H32N6O5. The maximum atomic E-state index is 13.0. The molecule has 5 rings (SSSR count). The highest BCUT2D eigenvalue weighted by Crippen LogP contribution is 2.45. The van der Waals surface area contributed by atoms with Gasteiger partial charge < -0.3 is 19.9 Å². The highest BCUT2D eigenvalue weighted by molar-refractivity contribution is 6.03. The second-order valence-electron chi connectivity index (χ2n) is 11.0. The lowest BCUT2D eigenvalue weighted by molar-refractivity contribution is -0.134. The van der Waals surface area contributed by atoms with Crippen molar-refractivity contribution >= 4 is 35.4 Å². The van der Waals surface area contributed by atoms with Gasteiger partial charge in [-0.3, -0.25) is 19.8 Å². The first-order valence-corrected chi connectivity index (χ1v) is 12.2. The number of fused-ring (bicyclic) bond motifs is 1. The molecule has 0 saturated carbocycles. The van der Waals surface area contributed by atoms with Gasteiger partial charge in [-0.05, 0) is 46.1 Å². The Morgan fingerprint density at radius 2 is 1.91 bits per heavy atom. The van der Waals surface area contributed by atoms with Crippen LogP contribution in [0.3, 0.4) is 0 Å². The molecule has 1 spiro atoms. The van der Waals surface area contributed by atoms with E-state index in [0.29, 0.717) is 31.9 Å². The van der Waals surface area contributed by atoms with Gasteiger partial charge in [-0.25, -0.2) is 14.6 Å². The van der Waals surface area contributed by atoms with E-state index in [1.165, 1.54) is 0 Å². The predicted octanol–water partition coefficient (Wildman–Crippen LogP) is 1.41. The fourth-order valence-corrected chi connectivity index (χ4v) is 5.37. The van der Waals surface area contributed by atoms with Crippen molar-refractivity contribution in [2.75, 3.05) is 42.5 Å².